The van der Waals surface area contributed by atoms with Crippen LogP contribution >= 0.6 is 27.3 Å². The predicted molar refractivity (Wildman–Crippen MR) is 137 cm³/mol. The van der Waals surface area contributed by atoms with Crippen molar-refractivity contribution in [3.8, 4) is 5.75 Å². The number of thiophene rings is 1. The lowest BCUT2D eigenvalue weighted by Crippen LogP contribution is -2.30. The Bertz CT molecular complexity index is 1190. The number of carbonyl (C=O) groups is 3. The van der Waals surface area contributed by atoms with E-state index < -0.39 is 12.1 Å². The Balaban J connectivity index is 1.63. The van der Waals surface area contributed by atoms with Crippen molar-refractivity contribution in [1.29, 1.82) is 0 Å². The monoisotopic (exact) mass is 544 g/mol. The van der Waals surface area contributed by atoms with E-state index in [-0.39, 0.29) is 18.4 Å². The number of benzene rings is 2. The first kappa shape index (κ1) is 25.5. The van der Waals surface area contributed by atoms with Crippen molar-refractivity contribution in [2.45, 2.75) is 33.8 Å². The normalized spacial score (nSPS) is 11.4. The van der Waals surface area contributed by atoms with Crippen LogP contribution in [-0.2, 0) is 9.53 Å². The minimum absolute atomic E-state index is 0.252. The van der Waals surface area contributed by atoms with Gasteiger partial charge in [-0.2, -0.15) is 0 Å². The predicted octanol–water partition coefficient (Wildman–Crippen LogP) is 5.96. The summed E-state index contributed by atoms with van der Waals surface area (Å²) in [6.07, 6.45) is -0.743. The van der Waals surface area contributed by atoms with Gasteiger partial charge < -0.3 is 20.1 Å². The van der Waals surface area contributed by atoms with Gasteiger partial charge in [0.1, 0.15) is 10.8 Å². The first-order chi connectivity index (χ1) is 16.2. The second-order valence-electron chi connectivity index (χ2n) is 7.44. The van der Waals surface area contributed by atoms with Crippen LogP contribution in [0.1, 0.15) is 45.0 Å². The molecule has 0 radical (unpaired) electrons. The fourth-order valence-corrected chi connectivity index (χ4v) is 4.37. The zero-order valence-corrected chi connectivity index (χ0v) is 21.6. The highest BCUT2D eigenvalue weighted by Gasteiger charge is 2.22. The number of hydrogen-bond donors (Lipinski definition) is 2. The van der Waals surface area contributed by atoms with Crippen LogP contribution in [0.15, 0.2) is 53.0 Å². The lowest BCUT2D eigenvalue weighted by molar-refractivity contribution is -0.122. The second-order valence-corrected chi connectivity index (χ2v) is 9.58. The SMILES string of the molecule is CCOC(=O)c1c(NC(=O)c2ccc(OC(C)C(=O)Nc3ccc(Br)cc3)cc2)sc(C)c1C. The van der Waals surface area contributed by atoms with Crippen molar-refractivity contribution in [3.05, 3.63) is 74.6 Å². The number of amides is 2. The van der Waals surface area contributed by atoms with Gasteiger partial charge in [-0.05, 0) is 81.8 Å². The molecule has 0 aliphatic rings. The number of anilines is 2. The molecule has 2 aromatic carbocycles. The Morgan fingerprint density at radius 3 is 2.26 bits per heavy atom. The number of hydrogen-bond acceptors (Lipinski definition) is 6. The van der Waals surface area contributed by atoms with E-state index in [1.54, 1.807) is 50.2 Å². The quantitative estimate of drug-likeness (QED) is 0.341. The molecule has 1 aromatic heterocycles. The Morgan fingerprint density at radius 1 is 1.00 bits per heavy atom. The van der Waals surface area contributed by atoms with Crippen LogP contribution in [0.2, 0.25) is 0 Å². The lowest BCUT2D eigenvalue weighted by atomic mass is 10.1. The Morgan fingerprint density at radius 2 is 1.65 bits per heavy atom. The van der Waals surface area contributed by atoms with Crippen LogP contribution in [0.5, 0.6) is 5.75 Å². The van der Waals surface area contributed by atoms with Crippen LogP contribution in [0, 0.1) is 13.8 Å². The Kier molecular flexibility index (Phi) is 8.46. The van der Waals surface area contributed by atoms with Crippen LogP contribution in [0.25, 0.3) is 0 Å². The molecule has 2 amide bonds. The van der Waals surface area contributed by atoms with Crippen molar-refractivity contribution in [3.63, 3.8) is 0 Å². The van der Waals surface area contributed by atoms with Gasteiger partial charge in [0.15, 0.2) is 6.10 Å². The Hall–Kier alpha value is -3.17. The van der Waals surface area contributed by atoms with Gasteiger partial charge in [-0.15, -0.1) is 11.3 Å². The molecule has 3 aromatic rings. The number of esters is 1. The van der Waals surface area contributed by atoms with Crippen molar-refractivity contribution in [2.24, 2.45) is 0 Å². The first-order valence-electron chi connectivity index (χ1n) is 10.6. The molecule has 1 heterocycles. The summed E-state index contributed by atoms with van der Waals surface area (Å²) < 4.78 is 11.8. The summed E-state index contributed by atoms with van der Waals surface area (Å²) >= 11 is 4.68. The molecule has 9 heteroatoms. The smallest absolute Gasteiger partial charge is 0.341 e. The molecule has 2 N–H and O–H groups in total. The van der Waals surface area contributed by atoms with E-state index in [9.17, 15) is 14.4 Å². The van der Waals surface area contributed by atoms with E-state index in [0.717, 1.165) is 14.9 Å². The van der Waals surface area contributed by atoms with Gasteiger partial charge in [0.25, 0.3) is 11.8 Å². The molecule has 0 fully saturated rings. The average Bonchev–Trinajstić information content (AvgIpc) is 3.08. The van der Waals surface area contributed by atoms with Crippen molar-refractivity contribution in [1.82, 2.24) is 0 Å². The van der Waals surface area contributed by atoms with Crippen LogP contribution < -0.4 is 15.4 Å². The van der Waals surface area contributed by atoms with Crippen LogP contribution in [0.4, 0.5) is 10.7 Å². The van der Waals surface area contributed by atoms with E-state index in [4.69, 9.17) is 9.47 Å². The van der Waals surface area contributed by atoms with E-state index in [1.165, 1.54) is 11.3 Å². The van der Waals surface area contributed by atoms with Gasteiger partial charge in [0.2, 0.25) is 0 Å². The summed E-state index contributed by atoms with van der Waals surface area (Å²) in [5.74, 6) is -0.665. The molecule has 0 bridgehead atoms. The largest absolute Gasteiger partial charge is 0.481 e. The summed E-state index contributed by atoms with van der Waals surface area (Å²) in [6.45, 7) is 7.35. The highest BCUT2D eigenvalue weighted by Crippen LogP contribution is 2.33. The molecule has 0 aliphatic heterocycles. The van der Waals surface area contributed by atoms with Gasteiger partial charge in [-0.1, -0.05) is 15.9 Å². The van der Waals surface area contributed by atoms with Gasteiger partial charge in [0, 0.05) is 20.6 Å². The molecule has 0 saturated heterocycles. The third-order valence-electron chi connectivity index (χ3n) is 5.00. The number of carbonyl (C=O) groups excluding carboxylic acids is 3. The van der Waals surface area contributed by atoms with Crippen LogP contribution in [-0.4, -0.2) is 30.5 Å². The minimum atomic E-state index is -0.743. The summed E-state index contributed by atoms with van der Waals surface area (Å²) in [6, 6.07) is 13.7. The third kappa shape index (κ3) is 6.24. The number of ether oxygens (including phenoxy) is 2. The fourth-order valence-electron chi connectivity index (χ4n) is 3.06. The zero-order valence-electron chi connectivity index (χ0n) is 19.2. The van der Waals surface area contributed by atoms with Crippen molar-refractivity contribution in [2.75, 3.05) is 17.2 Å². The average molecular weight is 545 g/mol. The minimum Gasteiger partial charge on any atom is -0.481 e. The highest BCUT2D eigenvalue weighted by molar-refractivity contribution is 9.10. The molecule has 1 atom stereocenters. The van der Waals surface area contributed by atoms with Gasteiger partial charge in [0.05, 0.1) is 12.2 Å². The summed E-state index contributed by atoms with van der Waals surface area (Å²) in [4.78, 5) is 38.4. The molecule has 0 aliphatic carbocycles. The van der Waals surface area contributed by atoms with Gasteiger partial charge in [-0.3, -0.25) is 9.59 Å². The molecule has 178 valence electrons. The number of nitrogens with one attached hydrogen (secondary N) is 2. The maximum Gasteiger partial charge on any atom is 0.341 e. The van der Waals surface area contributed by atoms with E-state index >= 15 is 0 Å². The van der Waals surface area contributed by atoms with Gasteiger partial charge in [-0.25, -0.2) is 4.79 Å². The fraction of sp³-hybridized carbons (Fsp3) is 0.240. The van der Waals surface area contributed by atoms with Crippen molar-refractivity contribution < 1.29 is 23.9 Å². The molecular weight excluding hydrogens is 520 g/mol. The standard InChI is InChI=1S/C25H25BrN2O5S/c1-5-32-25(31)21-14(2)16(4)34-24(21)28-23(30)17-6-12-20(13-7-17)33-15(3)22(29)27-19-10-8-18(26)9-11-19/h6-13,15H,5H2,1-4H3,(H,27,29)(H,28,30). The topological polar surface area (TPSA) is 93.7 Å². The van der Waals surface area contributed by atoms with Gasteiger partial charge >= 0.3 is 5.97 Å². The molecule has 1 unspecified atom stereocenters. The second kappa shape index (κ2) is 11.3. The molecule has 3 rings (SSSR count). The van der Waals surface area contributed by atoms with Crippen molar-refractivity contribution >= 4 is 55.7 Å². The number of rotatable bonds is 8. The maximum absolute atomic E-state index is 12.8. The number of aryl methyl sites for hydroxylation is 1. The molecule has 34 heavy (non-hydrogen) atoms. The molecule has 7 nitrogen and oxygen atoms in total. The maximum atomic E-state index is 12.8. The number of halogens is 1. The molecule has 0 saturated carbocycles. The van der Waals surface area contributed by atoms with E-state index in [0.29, 0.717) is 27.6 Å². The molecule has 0 spiro atoms. The highest BCUT2D eigenvalue weighted by atomic mass is 79.9. The van der Waals surface area contributed by atoms with Crippen LogP contribution in [0.3, 0.4) is 0 Å². The first-order valence-corrected chi connectivity index (χ1v) is 12.2. The third-order valence-corrected chi connectivity index (χ3v) is 6.65. The molecular formula is C25H25BrN2O5S. The zero-order chi connectivity index (χ0) is 24.8. The van der Waals surface area contributed by atoms with E-state index in [1.807, 2.05) is 26.0 Å². The summed E-state index contributed by atoms with van der Waals surface area (Å²) in [7, 11) is 0. The summed E-state index contributed by atoms with van der Waals surface area (Å²) in [5.41, 5.74) is 2.22. The lowest BCUT2D eigenvalue weighted by Gasteiger charge is -2.15. The Labute approximate surface area is 210 Å². The summed E-state index contributed by atoms with van der Waals surface area (Å²) in [5, 5.41) is 6.05. The van der Waals surface area contributed by atoms with E-state index in [2.05, 4.69) is 26.6 Å².